The summed E-state index contributed by atoms with van der Waals surface area (Å²) in [4.78, 5) is 7.84. The average molecular weight is 243 g/mol. The average Bonchev–Trinajstić information content (AvgIpc) is 2.77. The van der Waals surface area contributed by atoms with Crippen LogP contribution in [0.1, 0.15) is 23.4 Å². The lowest BCUT2D eigenvalue weighted by Gasteiger charge is -2.02. The van der Waals surface area contributed by atoms with Gasteiger partial charge in [-0.1, -0.05) is 17.2 Å². The van der Waals surface area contributed by atoms with Gasteiger partial charge >= 0.3 is 0 Å². The number of hydrogen-bond acceptors (Lipinski definition) is 2. The van der Waals surface area contributed by atoms with E-state index < -0.39 is 0 Å². The summed E-state index contributed by atoms with van der Waals surface area (Å²) in [5.41, 5.74) is 4.91. The molecule has 0 amide bonds. The maximum atomic E-state index is 4.44. The first-order valence-electron chi connectivity index (χ1n) is 6.46. The Labute approximate surface area is 109 Å². The molecule has 1 aromatic carbocycles. The highest BCUT2D eigenvalue weighted by Crippen LogP contribution is 2.20. The lowest BCUT2D eigenvalue weighted by Crippen LogP contribution is -2.08. The lowest BCUT2D eigenvalue weighted by molar-refractivity contribution is 0.707. The van der Waals surface area contributed by atoms with Gasteiger partial charge in [-0.2, -0.15) is 0 Å². The second kappa shape index (κ2) is 5.83. The van der Waals surface area contributed by atoms with Crippen LogP contribution in [0.3, 0.4) is 0 Å². The number of nitrogens with zero attached hydrogens (tertiary/aromatic N) is 1. The Morgan fingerprint density at radius 3 is 2.56 bits per heavy atom. The molecule has 0 saturated carbocycles. The van der Waals surface area contributed by atoms with E-state index in [-0.39, 0.29) is 0 Å². The monoisotopic (exact) mass is 243 g/mol. The van der Waals surface area contributed by atoms with Gasteiger partial charge in [0.2, 0.25) is 0 Å². The Kier molecular flexibility index (Phi) is 4.15. The summed E-state index contributed by atoms with van der Waals surface area (Å²) < 4.78 is 0. The fourth-order valence-electron chi connectivity index (χ4n) is 2.20. The Bertz CT molecular complexity index is 494. The highest BCUT2D eigenvalue weighted by atomic mass is 14.9. The molecule has 1 aromatic heterocycles. The molecule has 0 saturated heterocycles. The molecule has 96 valence electrons. The van der Waals surface area contributed by atoms with Crippen LogP contribution in [-0.2, 0) is 6.42 Å². The number of benzene rings is 1. The van der Waals surface area contributed by atoms with Crippen molar-refractivity contribution in [3.8, 4) is 11.3 Å². The van der Waals surface area contributed by atoms with Gasteiger partial charge in [0.05, 0.1) is 11.9 Å². The summed E-state index contributed by atoms with van der Waals surface area (Å²) in [6, 6.07) is 6.57. The van der Waals surface area contributed by atoms with Gasteiger partial charge in [-0.3, -0.25) is 0 Å². The van der Waals surface area contributed by atoms with E-state index in [2.05, 4.69) is 47.3 Å². The fraction of sp³-hybridized carbons (Fsp3) is 0.400. The fourth-order valence-corrected chi connectivity index (χ4v) is 2.20. The maximum absolute atomic E-state index is 4.44. The molecule has 0 bridgehead atoms. The quantitative estimate of drug-likeness (QED) is 0.793. The van der Waals surface area contributed by atoms with Crippen molar-refractivity contribution in [1.29, 1.82) is 0 Å². The number of nitrogens with one attached hydrogen (secondary N) is 2. The normalized spacial score (nSPS) is 10.8. The number of aryl methyl sites for hydroxylation is 3. The van der Waals surface area contributed by atoms with Crippen LogP contribution in [-0.4, -0.2) is 23.6 Å². The number of aromatic amines is 1. The van der Waals surface area contributed by atoms with Crippen LogP contribution >= 0.6 is 0 Å². The van der Waals surface area contributed by atoms with Crippen LogP contribution in [0.25, 0.3) is 11.3 Å². The Morgan fingerprint density at radius 2 is 1.89 bits per heavy atom. The molecule has 0 radical (unpaired) electrons. The van der Waals surface area contributed by atoms with Crippen LogP contribution in [0.15, 0.2) is 24.4 Å². The standard InChI is InChI=1S/C15H21N3/c1-11-7-12(2)9-13(8-11)14-10-17-15(18-14)5-4-6-16-3/h7-10,16H,4-6H2,1-3H3,(H,17,18). The second-order valence-electron chi connectivity index (χ2n) is 4.83. The summed E-state index contributed by atoms with van der Waals surface area (Å²) in [6.45, 7) is 5.28. The van der Waals surface area contributed by atoms with Crippen molar-refractivity contribution in [2.45, 2.75) is 26.7 Å². The SMILES string of the molecule is CNCCCc1ncc(-c2cc(C)cc(C)c2)[nH]1. The van der Waals surface area contributed by atoms with Gasteiger partial charge in [-0.25, -0.2) is 4.98 Å². The third-order valence-electron chi connectivity index (χ3n) is 3.00. The summed E-state index contributed by atoms with van der Waals surface area (Å²) in [7, 11) is 1.98. The molecule has 2 N–H and O–H groups in total. The smallest absolute Gasteiger partial charge is 0.106 e. The summed E-state index contributed by atoms with van der Waals surface area (Å²) in [6.07, 6.45) is 4.03. The van der Waals surface area contributed by atoms with Gasteiger partial charge in [0.15, 0.2) is 0 Å². The molecule has 0 aliphatic heterocycles. The van der Waals surface area contributed by atoms with E-state index in [9.17, 15) is 0 Å². The molecule has 3 nitrogen and oxygen atoms in total. The van der Waals surface area contributed by atoms with Crippen molar-refractivity contribution in [1.82, 2.24) is 15.3 Å². The minimum absolute atomic E-state index is 0.992. The Morgan fingerprint density at radius 1 is 1.17 bits per heavy atom. The van der Waals surface area contributed by atoms with Gasteiger partial charge in [0.25, 0.3) is 0 Å². The molecule has 3 heteroatoms. The molecule has 0 atom stereocenters. The van der Waals surface area contributed by atoms with Gasteiger partial charge in [0, 0.05) is 12.0 Å². The van der Waals surface area contributed by atoms with Gasteiger partial charge in [0.1, 0.15) is 5.82 Å². The van der Waals surface area contributed by atoms with Gasteiger partial charge < -0.3 is 10.3 Å². The molecular formula is C15H21N3. The van der Waals surface area contributed by atoms with Crippen LogP contribution in [0, 0.1) is 13.8 Å². The summed E-state index contributed by atoms with van der Waals surface area (Å²) in [5.74, 6) is 1.07. The maximum Gasteiger partial charge on any atom is 0.106 e. The van der Waals surface area contributed by atoms with Gasteiger partial charge in [-0.05, 0) is 46.0 Å². The van der Waals surface area contributed by atoms with Crippen LogP contribution < -0.4 is 5.32 Å². The number of aromatic nitrogens is 2. The predicted octanol–water partition coefficient (Wildman–Crippen LogP) is 2.85. The van der Waals surface area contributed by atoms with Crippen molar-refractivity contribution >= 4 is 0 Å². The number of H-pyrrole nitrogens is 1. The first-order valence-corrected chi connectivity index (χ1v) is 6.46. The molecule has 2 aromatic rings. The zero-order chi connectivity index (χ0) is 13.0. The third-order valence-corrected chi connectivity index (χ3v) is 3.00. The molecule has 1 heterocycles. The molecule has 0 aliphatic rings. The Hall–Kier alpha value is -1.61. The zero-order valence-corrected chi connectivity index (χ0v) is 11.4. The van der Waals surface area contributed by atoms with E-state index in [1.54, 1.807) is 0 Å². The molecule has 0 spiro atoms. The van der Waals surface area contributed by atoms with E-state index >= 15 is 0 Å². The molecule has 2 rings (SSSR count). The highest BCUT2D eigenvalue weighted by Gasteiger charge is 2.04. The second-order valence-corrected chi connectivity index (χ2v) is 4.83. The predicted molar refractivity (Wildman–Crippen MR) is 75.7 cm³/mol. The van der Waals surface area contributed by atoms with Crippen molar-refractivity contribution in [2.24, 2.45) is 0 Å². The van der Waals surface area contributed by atoms with Crippen LogP contribution in [0.2, 0.25) is 0 Å². The van der Waals surface area contributed by atoms with Crippen LogP contribution in [0.4, 0.5) is 0 Å². The Balaban J connectivity index is 2.13. The van der Waals surface area contributed by atoms with Crippen molar-refractivity contribution in [3.05, 3.63) is 41.3 Å². The zero-order valence-electron chi connectivity index (χ0n) is 11.4. The molecule has 0 aliphatic carbocycles. The molecule has 18 heavy (non-hydrogen) atoms. The molecular weight excluding hydrogens is 222 g/mol. The number of rotatable bonds is 5. The van der Waals surface area contributed by atoms with E-state index in [1.165, 1.54) is 16.7 Å². The summed E-state index contributed by atoms with van der Waals surface area (Å²) in [5, 5.41) is 3.15. The van der Waals surface area contributed by atoms with E-state index in [0.717, 1.165) is 30.9 Å². The molecule has 0 unspecified atom stereocenters. The topological polar surface area (TPSA) is 40.7 Å². The minimum atomic E-state index is 0.992. The molecule has 0 fully saturated rings. The van der Waals surface area contributed by atoms with Crippen molar-refractivity contribution < 1.29 is 0 Å². The first kappa shape index (κ1) is 12.8. The van der Waals surface area contributed by atoms with Crippen molar-refractivity contribution in [2.75, 3.05) is 13.6 Å². The van der Waals surface area contributed by atoms with Crippen molar-refractivity contribution in [3.63, 3.8) is 0 Å². The minimum Gasteiger partial charge on any atom is -0.342 e. The third kappa shape index (κ3) is 3.20. The number of hydrogen-bond donors (Lipinski definition) is 2. The number of imidazole rings is 1. The largest absolute Gasteiger partial charge is 0.342 e. The van der Waals surface area contributed by atoms with Crippen LogP contribution in [0.5, 0.6) is 0 Å². The summed E-state index contributed by atoms with van der Waals surface area (Å²) >= 11 is 0. The van der Waals surface area contributed by atoms with E-state index in [0.29, 0.717) is 0 Å². The first-order chi connectivity index (χ1) is 8.69. The van der Waals surface area contributed by atoms with Gasteiger partial charge in [-0.15, -0.1) is 0 Å². The lowest BCUT2D eigenvalue weighted by atomic mass is 10.1. The highest BCUT2D eigenvalue weighted by molar-refractivity contribution is 5.60. The van der Waals surface area contributed by atoms with E-state index in [1.807, 2.05) is 13.2 Å². The van der Waals surface area contributed by atoms with E-state index in [4.69, 9.17) is 0 Å².